The molecule has 0 fully saturated rings. The topological polar surface area (TPSA) is 57.0 Å². The molecule has 0 radical (unpaired) electrons. The highest BCUT2D eigenvalue weighted by Gasteiger charge is 2.23. The van der Waals surface area contributed by atoms with Crippen LogP contribution in [0.3, 0.4) is 0 Å². The predicted octanol–water partition coefficient (Wildman–Crippen LogP) is 6.61. The maximum atomic E-state index is 14.9. The lowest BCUT2D eigenvalue weighted by molar-refractivity contribution is -0.157. The normalized spacial score (nSPS) is 11.5. The molecule has 186 valence electrons. The van der Waals surface area contributed by atoms with Crippen LogP contribution in [0.5, 0.6) is 0 Å². The molecule has 1 heterocycles. The second-order valence-electron chi connectivity index (χ2n) is 9.76. The number of aromatic nitrogens is 3. The summed E-state index contributed by atoms with van der Waals surface area (Å²) in [6.45, 7) is 5.27. The molecule has 7 heteroatoms. The number of ether oxygens (including phenoxy) is 1. The minimum Gasteiger partial charge on any atom is -0.442 e. The second-order valence-corrected chi connectivity index (χ2v) is 9.76. The Morgan fingerprint density at radius 2 is 1.58 bits per heavy atom. The average molecular weight is 490 g/mol. The molecular weight excluding hydrogens is 460 g/mol. The number of carbonyl (C=O) groups is 1. The van der Waals surface area contributed by atoms with E-state index in [-0.39, 0.29) is 18.3 Å². The third kappa shape index (κ3) is 6.22. The maximum absolute atomic E-state index is 14.9. The third-order valence-corrected chi connectivity index (χ3v) is 5.81. The number of aryl methyl sites for hydroxylation is 1. The van der Waals surface area contributed by atoms with E-state index in [1.165, 1.54) is 23.1 Å². The summed E-state index contributed by atoms with van der Waals surface area (Å²) >= 11 is 0. The molecule has 0 saturated carbocycles. The van der Waals surface area contributed by atoms with Gasteiger partial charge in [0.2, 0.25) is 0 Å². The molecule has 0 unspecified atom stereocenters. The van der Waals surface area contributed by atoms with E-state index < -0.39 is 17.0 Å². The summed E-state index contributed by atoms with van der Waals surface area (Å²) in [5, 5.41) is 4.36. The van der Waals surface area contributed by atoms with Gasteiger partial charge in [-0.15, -0.1) is 5.10 Å². The van der Waals surface area contributed by atoms with Crippen LogP contribution < -0.4 is 0 Å². The summed E-state index contributed by atoms with van der Waals surface area (Å²) in [6.07, 6.45) is 3.22. The number of hydrogen-bond acceptors (Lipinski definition) is 4. The van der Waals surface area contributed by atoms with E-state index >= 15 is 0 Å². The van der Waals surface area contributed by atoms with Crippen LogP contribution in [0.25, 0.3) is 22.5 Å². The van der Waals surface area contributed by atoms with Crippen molar-refractivity contribution in [3.05, 3.63) is 95.8 Å². The van der Waals surface area contributed by atoms with Crippen LogP contribution >= 0.6 is 0 Å². The van der Waals surface area contributed by atoms with Crippen molar-refractivity contribution in [1.82, 2.24) is 14.8 Å². The minimum absolute atomic E-state index is 0.0506. The SMILES string of the molecule is CC(C)(C)C(=O)OCn1cnc(-c2cccc(-c3cc(F)c(CCCc4ccccc4)c(F)c3)c2)n1. The number of benzene rings is 3. The van der Waals surface area contributed by atoms with Crippen molar-refractivity contribution in [2.75, 3.05) is 0 Å². The van der Waals surface area contributed by atoms with Crippen molar-refractivity contribution < 1.29 is 18.3 Å². The van der Waals surface area contributed by atoms with Crippen LogP contribution in [0, 0.1) is 17.0 Å². The Morgan fingerprint density at radius 3 is 2.28 bits per heavy atom. The standard InChI is InChI=1S/C29H29F2N3O2/c1-29(2,3)28(35)36-19-34-18-32-27(33-34)22-13-8-12-21(15-22)23-16-25(30)24(26(31)17-23)14-7-11-20-9-5-4-6-10-20/h4-6,8-10,12-13,15-18H,7,11,14,19H2,1-3H3. The van der Waals surface area contributed by atoms with E-state index in [0.717, 1.165) is 12.0 Å². The summed E-state index contributed by atoms with van der Waals surface area (Å²) in [7, 11) is 0. The van der Waals surface area contributed by atoms with Gasteiger partial charge in [0.25, 0.3) is 0 Å². The van der Waals surface area contributed by atoms with Gasteiger partial charge in [0.05, 0.1) is 5.41 Å². The molecule has 0 saturated heterocycles. The van der Waals surface area contributed by atoms with Gasteiger partial charge in [0.15, 0.2) is 12.6 Å². The second kappa shape index (κ2) is 10.8. The Morgan fingerprint density at radius 1 is 0.889 bits per heavy atom. The molecule has 0 spiro atoms. The largest absolute Gasteiger partial charge is 0.442 e. The van der Waals surface area contributed by atoms with Gasteiger partial charge in [0, 0.05) is 11.1 Å². The summed E-state index contributed by atoms with van der Waals surface area (Å²) in [6, 6.07) is 19.8. The Kier molecular flexibility index (Phi) is 7.58. The first-order valence-electron chi connectivity index (χ1n) is 11.9. The smallest absolute Gasteiger partial charge is 0.313 e. The lowest BCUT2D eigenvalue weighted by atomic mass is 9.98. The summed E-state index contributed by atoms with van der Waals surface area (Å²) < 4.78 is 36.4. The molecule has 0 aliphatic heterocycles. The van der Waals surface area contributed by atoms with Gasteiger partial charge in [-0.3, -0.25) is 4.79 Å². The van der Waals surface area contributed by atoms with Crippen LogP contribution in [-0.4, -0.2) is 20.7 Å². The quantitative estimate of drug-likeness (QED) is 0.261. The van der Waals surface area contributed by atoms with Crippen LogP contribution in [-0.2, 0) is 29.1 Å². The van der Waals surface area contributed by atoms with Gasteiger partial charge < -0.3 is 4.74 Å². The average Bonchev–Trinajstić information content (AvgIpc) is 3.33. The predicted molar refractivity (Wildman–Crippen MR) is 135 cm³/mol. The summed E-state index contributed by atoms with van der Waals surface area (Å²) in [5.41, 5.74) is 2.42. The minimum atomic E-state index is -0.611. The summed E-state index contributed by atoms with van der Waals surface area (Å²) in [5.74, 6) is -1.02. The first-order valence-corrected chi connectivity index (χ1v) is 11.9. The molecule has 0 N–H and O–H groups in total. The first kappa shape index (κ1) is 25.2. The highest BCUT2D eigenvalue weighted by Crippen LogP contribution is 2.28. The maximum Gasteiger partial charge on any atom is 0.313 e. The fourth-order valence-corrected chi connectivity index (χ4v) is 3.79. The molecule has 0 aliphatic rings. The monoisotopic (exact) mass is 489 g/mol. The lowest BCUT2D eigenvalue weighted by Crippen LogP contribution is -2.24. The van der Waals surface area contributed by atoms with Crippen LogP contribution in [0.15, 0.2) is 73.1 Å². The molecule has 0 bridgehead atoms. The third-order valence-electron chi connectivity index (χ3n) is 5.81. The molecule has 4 rings (SSSR count). The van der Waals surface area contributed by atoms with Gasteiger partial charge in [-0.25, -0.2) is 18.4 Å². The zero-order valence-corrected chi connectivity index (χ0v) is 20.7. The lowest BCUT2D eigenvalue weighted by Gasteiger charge is -2.16. The van der Waals surface area contributed by atoms with Crippen LogP contribution in [0.4, 0.5) is 8.78 Å². The Bertz CT molecular complexity index is 1320. The van der Waals surface area contributed by atoms with Crippen molar-refractivity contribution in [2.45, 2.75) is 46.8 Å². The molecule has 3 aromatic carbocycles. The highest BCUT2D eigenvalue weighted by molar-refractivity contribution is 5.75. The van der Waals surface area contributed by atoms with E-state index in [9.17, 15) is 13.6 Å². The number of hydrogen-bond donors (Lipinski definition) is 0. The molecule has 36 heavy (non-hydrogen) atoms. The summed E-state index contributed by atoms with van der Waals surface area (Å²) in [4.78, 5) is 16.3. The molecular formula is C29H29F2N3O2. The van der Waals surface area contributed by atoms with E-state index in [2.05, 4.69) is 10.1 Å². The van der Waals surface area contributed by atoms with E-state index in [1.807, 2.05) is 36.4 Å². The molecule has 5 nitrogen and oxygen atoms in total. The Labute approximate surface area is 209 Å². The van der Waals surface area contributed by atoms with Crippen molar-refractivity contribution in [1.29, 1.82) is 0 Å². The number of halogens is 2. The highest BCUT2D eigenvalue weighted by atomic mass is 19.1. The van der Waals surface area contributed by atoms with Crippen LogP contribution in [0.2, 0.25) is 0 Å². The molecule has 0 atom stereocenters. The fraction of sp³-hybridized carbons (Fsp3) is 0.276. The van der Waals surface area contributed by atoms with Gasteiger partial charge in [-0.05, 0) is 74.9 Å². The molecule has 0 aliphatic carbocycles. The zero-order chi connectivity index (χ0) is 25.7. The van der Waals surface area contributed by atoms with Crippen molar-refractivity contribution in [2.24, 2.45) is 5.41 Å². The van der Waals surface area contributed by atoms with E-state index in [1.54, 1.807) is 39.0 Å². The Balaban J connectivity index is 1.46. The number of rotatable bonds is 8. The van der Waals surface area contributed by atoms with Gasteiger partial charge in [-0.2, -0.15) is 0 Å². The van der Waals surface area contributed by atoms with Gasteiger partial charge in [0.1, 0.15) is 18.0 Å². The number of esters is 1. The van der Waals surface area contributed by atoms with Crippen molar-refractivity contribution in [3.8, 4) is 22.5 Å². The van der Waals surface area contributed by atoms with Crippen molar-refractivity contribution in [3.63, 3.8) is 0 Å². The van der Waals surface area contributed by atoms with Gasteiger partial charge in [-0.1, -0.05) is 48.5 Å². The molecule has 4 aromatic rings. The molecule has 0 amide bonds. The van der Waals surface area contributed by atoms with E-state index in [0.29, 0.717) is 35.4 Å². The molecule has 1 aromatic heterocycles. The number of nitrogens with zero attached hydrogens (tertiary/aromatic N) is 3. The Hall–Kier alpha value is -3.87. The zero-order valence-electron chi connectivity index (χ0n) is 20.7. The van der Waals surface area contributed by atoms with Gasteiger partial charge >= 0.3 is 5.97 Å². The number of carbonyl (C=O) groups excluding carboxylic acids is 1. The van der Waals surface area contributed by atoms with E-state index in [4.69, 9.17) is 4.74 Å². The first-order chi connectivity index (χ1) is 17.2. The van der Waals surface area contributed by atoms with Crippen LogP contribution in [0.1, 0.15) is 38.3 Å². The fourth-order valence-electron chi connectivity index (χ4n) is 3.79. The van der Waals surface area contributed by atoms with Crippen molar-refractivity contribution >= 4 is 5.97 Å².